The first-order valence-corrected chi connectivity index (χ1v) is 7.76. The molecule has 1 saturated carbocycles. The van der Waals surface area contributed by atoms with Crippen LogP contribution < -0.4 is 5.73 Å². The van der Waals surface area contributed by atoms with Crippen LogP contribution in [0.25, 0.3) is 0 Å². The lowest BCUT2D eigenvalue weighted by Gasteiger charge is -2.23. The van der Waals surface area contributed by atoms with Gasteiger partial charge in [-0.1, -0.05) is 28.1 Å². The molecule has 2 N–H and O–H groups in total. The molecule has 1 saturated heterocycles. The molecule has 0 unspecified atom stereocenters. The Balaban J connectivity index is 1.66. The SMILES string of the molecule is NC[C@@H]1CCCN1C(=O)[C@H]1C[C@@H]1c1ccc(Br)cc1. The lowest BCUT2D eigenvalue weighted by atomic mass is 10.1. The standard InChI is InChI=1S/C15H19BrN2O/c16-11-5-3-10(4-6-11)13-8-14(13)15(19)18-7-1-2-12(18)9-17/h3-6,12-14H,1-2,7-9,17H2/t12-,13+,14-/m0/s1. The summed E-state index contributed by atoms with van der Waals surface area (Å²) in [7, 11) is 0. The minimum absolute atomic E-state index is 0.188. The highest BCUT2D eigenvalue weighted by molar-refractivity contribution is 9.10. The van der Waals surface area contributed by atoms with Crippen molar-refractivity contribution < 1.29 is 4.79 Å². The smallest absolute Gasteiger partial charge is 0.226 e. The fraction of sp³-hybridized carbons (Fsp3) is 0.533. The number of rotatable bonds is 3. The second-order valence-corrected chi connectivity index (χ2v) is 6.48. The van der Waals surface area contributed by atoms with Crippen LogP contribution in [-0.2, 0) is 4.79 Å². The van der Waals surface area contributed by atoms with E-state index in [0.717, 1.165) is 30.3 Å². The molecule has 3 atom stereocenters. The predicted octanol–water partition coefficient (Wildman–Crippen LogP) is 2.50. The maximum Gasteiger partial charge on any atom is 0.226 e. The van der Waals surface area contributed by atoms with E-state index >= 15 is 0 Å². The molecule has 1 aromatic carbocycles. The first-order chi connectivity index (χ1) is 9.20. The third-order valence-electron chi connectivity index (χ3n) is 4.34. The normalized spacial score (nSPS) is 29.6. The Morgan fingerprint density at radius 1 is 1.37 bits per heavy atom. The van der Waals surface area contributed by atoms with Gasteiger partial charge in [0, 0.05) is 29.5 Å². The summed E-state index contributed by atoms with van der Waals surface area (Å²) in [6.07, 6.45) is 3.16. The second kappa shape index (κ2) is 5.25. The van der Waals surface area contributed by atoms with Gasteiger partial charge < -0.3 is 10.6 Å². The number of amides is 1. The molecule has 1 heterocycles. The molecule has 0 bridgehead atoms. The van der Waals surface area contributed by atoms with Gasteiger partial charge in [0.05, 0.1) is 0 Å². The van der Waals surface area contributed by atoms with Crippen molar-refractivity contribution in [3.63, 3.8) is 0 Å². The van der Waals surface area contributed by atoms with Crippen molar-refractivity contribution in [3.05, 3.63) is 34.3 Å². The minimum Gasteiger partial charge on any atom is -0.338 e. The number of likely N-dealkylation sites (tertiary alicyclic amines) is 1. The van der Waals surface area contributed by atoms with Gasteiger partial charge in [-0.05, 0) is 42.9 Å². The van der Waals surface area contributed by atoms with Crippen LogP contribution in [0.2, 0.25) is 0 Å². The maximum absolute atomic E-state index is 12.5. The molecular weight excluding hydrogens is 304 g/mol. The molecule has 0 aromatic heterocycles. The van der Waals surface area contributed by atoms with Crippen molar-refractivity contribution in [2.75, 3.05) is 13.1 Å². The van der Waals surface area contributed by atoms with Gasteiger partial charge in [0.2, 0.25) is 5.91 Å². The van der Waals surface area contributed by atoms with Crippen molar-refractivity contribution in [2.24, 2.45) is 11.7 Å². The number of carbonyl (C=O) groups excluding carboxylic acids is 1. The quantitative estimate of drug-likeness (QED) is 0.929. The van der Waals surface area contributed by atoms with Crippen LogP contribution in [0.15, 0.2) is 28.7 Å². The Morgan fingerprint density at radius 3 is 2.79 bits per heavy atom. The number of hydrogen-bond donors (Lipinski definition) is 1. The maximum atomic E-state index is 12.5. The van der Waals surface area contributed by atoms with Crippen molar-refractivity contribution in [1.82, 2.24) is 4.90 Å². The van der Waals surface area contributed by atoms with Crippen molar-refractivity contribution in [1.29, 1.82) is 0 Å². The molecule has 1 aliphatic carbocycles. The zero-order chi connectivity index (χ0) is 13.4. The summed E-state index contributed by atoms with van der Waals surface area (Å²) < 4.78 is 1.09. The summed E-state index contributed by atoms with van der Waals surface area (Å²) in [5.74, 6) is 0.925. The van der Waals surface area contributed by atoms with Crippen LogP contribution >= 0.6 is 15.9 Å². The van der Waals surface area contributed by atoms with E-state index in [9.17, 15) is 4.79 Å². The minimum atomic E-state index is 0.188. The third kappa shape index (κ3) is 2.56. The molecule has 19 heavy (non-hydrogen) atoms. The van der Waals surface area contributed by atoms with E-state index in [4.69, 9.17) is 5.73 Å². The molecular formula is C15H19BrN2O. The number of nitrogens with zero attached hydrogens (tertiary/aromatic N) is 1. The Bertz CT molecular complexity index is 474. The summed E-state index contributed by atoms with van der Waals surface area (Å²) in [5, 5.41) is 0. The van der Waals surface area contributed by atoms with Crippen molar-refractivity contribution in [2.45, 2.75) is 31.2 Å². The highest BCUT2D eigenvalue weighted by atomic mass is 79.9. The molecule has 102 valence electrons. The molecule has 4 heteroatoms. The van der Waals surface area contributed by atoms with Crippen molar-refractivity contribution >= 4 is 21.8 Å². The topological polar surface area (TPSA) is 46.3 Å². The van der Waals surface area contributed by atoms with Gasteiger partial charge in [0.15, 0.2) is 0 Å². The van der Waals surface area contributed by atoms with E-state index in [1.807, 2.05) is 17.0 Å². The molecule has 2 fully saturated rings. The summed E-state index contributed by atoms with van der Waals surface area (Å²) in [6, 6.07) is 8.61. The van der Waals surface area contributed by atoms with Gasteiger partial charge >= 0.3 is 0 Å². The number of carbonyl (C=O) groups is 1. The van der Waals surface area contributed by atoms with E-state index in [2.05, 4.69) is 28.1 Å². The number of halogens is 1. The molecule has 2 aliphatic rings. The van der Waals surface area contributed by atoms with Crippen LogP contribution in [0.4, 0.5) is 0 Å². The second-order valence-electron chi connectivity index (χ2n) is 5.56. The highest BCUT2D eigenvalue weighted by Gasteiger charge is 2.47. The lowest BCUT2D eigenvalue weighted by molar-refractivity contribution is -0.133. The first-order valence-electron chi connectivity index (χ1n) is 6.96. The van der Waals surface area contributed by atoms with Crippen LogP contribution in [0.1, 0.15) is 30.7 Å². The van der Waals surface area contributed by atoms with E-state index in [1.165, 1.54) is 5.56 Å². The largest absolute Gasteiger partial charge is 0.338 e. The number of benzene rings is 1. The highest BCUT2D eigenvalue weighted by Crippen LogP contribution is 2.49. The van der Waals surface area contributed by atoms with Gasteiger partial charge in [0.1, 0.15) is 0 Å². The number of nitrogens with two attached hydrogens (primary N) is 1. The summed E-state index contributed by atoms with van der Waals surface area (Å²) in [6.45, 7) is 1.49. The average Bonchev–Trinajstić information content (AvgIpc) is 3.07. The molecule has 1 aromatic rings. The monoisotopic (exact) mass is 322 g/mol. The summed E-state index contributed by atoms with van der Waals surface area (Å²) >= 11 is 3.44. The zero-order valence-electron chi connectivity index (χ0n) is 10.9. The van der Waals surface area contributed by atoms with Crippen LogP contribution in [0.5, 0.6) is 0 Å². The van der Waals surface area contributed by atoms with Gasteiger partial charge in [-0.3, -0.25) is 4.79 Å². The zero-order valence-corrected chi connectivity index (χ0v) is 12.5. The Kier molecular flexibility index (Phi) is 3.63. The molecule has 1 amide bonds. The van der Waals surface area contributed by atoms with E-state index in [1.54, 1.807) is 0 Å². The van der Waals surface area contributed by atoms with Gasteiger partial charge in [-0.2, -0.15) is 0 Å². The van der Waals surface area contributed by atoms with Crippen LogP contribution in [-0.4, -0.2) is 29.9 Å². The van der Waals surface area contributed by atoms with Gasteiger partial charge in [0.25, 0.3) is 0 Å². The first kappa shape index (κ1) is 13.1. The van der Waals surface area contributed by atoms with Crippen LogP contribution in [0, 0.1) is 5.92 Å². The van der Waals surface area contributed by atoms with Gasteiger partial charge in [-0.15, -0.1) is 0 Å². The molecule has 3 nitrogen and oxygen atoms in total. The lowest BCUT2D eigenvalue weighted by Crippen LogP contribution is -2.40. The molecule has 0 spiro atoms. The third-order valence-corrected chi connectivity index (χ3v) is 4.87. The molecule has 3 rings (SSSR count). The fourth-order valence-corrected chi connectivity index (χ4v) is 3.39. The Morgan fingerprint density at radius 2 is 2.11 bits per heavy atom. The van der Waals surface area contributed by atoms with E-state index < -0.39 is 0 Å². The average molecular weight is 323 g/mol. The van der Waals surface area contributed by atoms with Crippen LogP contribution in [0.3, 0.4) is 0 Å². The molecule has 1 aliphatic heterocycles. The van der Waals surface area contributed by atoms with Crippen molar-refractivity contribution in [3.8, 4) is 0 Å². The van der Waals surface area contributed by atoms with Gasteiger partial charge in [-0.25, -0.2) is 0 Å². The number of hydrogen-bond acceptors (Lipinski definition) is 2. The molecule has 0 radical (unpaired) electrons. The fourth-order valence-electron chi connectivity index (χ4n) is 3.13. The van der Waals surface area contributed by atoms with E-state index in [-0.39, 0.29) is 12.0 Å². The summed E-state index contributed by atoms with van der Waals surface area (Å²) in [4.78, 5) is 14.5. The summed E-state index contributed by atoms with van der Waals surface area (Å²) in [5.41, 5.74) is 7.03. The Hall–Kier alpha value is -0.870. The Labute approximate surface area is 122 Å². The predicted molar refractivity (Wildman–Crippen MR) is 78.8 cm³/mol. The van der Waals surface area contributed by atoms with E-state index in [0.29, 0.717) is 18.4 Å².